The molecule has 0 unspecified atom stereocenters. The van der Waals surface area contributed by atoms with E-state index >= 15 is 0 Å². The maximum absolute atomic E-state index is 13.4. The van der Waals surface area contributed by atoms with Crippen molar-refractivity contribution in [2.75, 3.05) is 12.4 Å². The smallest absolute Gasteiger partial charge is 0.341 e. The van der Waals surface area contributed by atoms with Gasteiger partial charge in [0, 0.05) is 21.5 Å². The Hall–Kier alpha value is -2.77. The van der Waals surface area contributed by atoms with E-state index in [1.165, 1.54) is 7.11 Å². The summed E-state index contributed by atoms with van der Waals surface area (Å²) in [5, 5.41) is 5.02. The minimum absolute atomic E-state index is 0.0776. The summed E-state index contributed by atoms with van der Waals surface area (Å²) in [4.78, 5) is 24.6. The first-order valence-electron chi connectivity index (χ1n) is 7.63. The second-order valence-electron chi connectivity index (χ2n) is 5.43. The van der Waals surface area contributed by atoms with Crippen LogP contribution >= 0.6 is 22.9 Å². The fourth-order valence-corrected chi connectivity index (χ4v) is 3.49. The molecule has 8 heteroatoms. The summed E-state index contributed by atoms with van der Waals surface area (Å²) in [6.45, 7) is 0. The van der Waals surface area contributed by atoms with Crippen molar-refractivity contribution in [1.82, 2.24) is 0 Å². The number of benzene rings is 2. The average Bonchev–Trinajstić information content (AvgIpc) is 3.07. The Labute approximate surface area is 162 Å². The second-order valence-corrected chi connectivity index (χ2v) is 6.75. The molecule has 1 heterocycles. The number of methoxy groups -OCH3 is 1. The van der Waals surface area contributed by atoms with Crippen molar-refractivity contribution >= 4 is 39.8 Å². The summed E-state index contributed by atoms with van der Waals surface area (Å²) in [6.07, 6.45) is 0. The highest BCUT2D eigenvalue weighted by atomic mass is 35.5. The highest BCUT2D eigenvalue weighted by Gasteiger charge is 2.23. The lowest BCUT2D eigenvalue weighted by atomic mass is 10.0. The minimum atomic E-state index is -1.14. The molecular formula is C19H12ClF2NO3S. The third-order valence-corrected chi connectivity index (χ3v) is 4.89. The Morgan fingerprint density at radius 3 is 2.41 bits per heavy atom. The van der Waals surface area contributed by atoms with Crippen LogP contribution in [0.25, 0.3) is 11.1 Å². The Morgan fingerprint density at radius 1 is 1.07 bits per heavy atom. The maximum Gasteiger partial charge on any atom is 0.341 e. The van der Waals surface area contributed by atoms with Gasteiger partial charge in [-0.3, -0.25) is 4.79 Å². The normalized spacial score (nSPS) is 10.5. The molecule has 138 valence electrons. The summed E-state index contributed by atoms with van der Waals surface area (Å²) in [7, 11) is 1.23. The van der Waals surface area contributed by atoms with E-state index in [9.17, 15) is 18.4 Å². The van der Waals surface area contributed by atoms with Gasteiger partial charge in [-0.1, -0.05) is 23.7 Å². The van der Waals surface area contributed by atoms with Crippen molar-refractivity contribution in [3.8, 4) is 11.1 Å². The van der Waals surface area contributed by atoms with Crippen LogP contribution in [0.2, 0.25) is 5.02 Å². The number of carbonyl (C=O) groups is 2. The van der Waals surface area contributed by atoms with Gasteiger partial charge in [-0.2, -0.15) is 0 Å². The predicted octanol–water partition coefficient (Wildman–Crippen LogP) is 5.39. The molecule has 3 aromatic rings. The lowest BCUT2D eigenvalue weighted by Crippen LogP contribution is -2.14. The van der Waals surface area contributed by atoms with Crippen LogP contribution in [0.3, 0.4) is 0 Å². The maximum atomic E-state index is 13.4. The van der Waals surface area contributed by atoms with Gasteiger partial charge >= 0.3 is 5.97 Å². The lowest BCUT2D eigenvalue weighted by Gasteiger charge is -2.08. The number of anilines is 1. The molecular weight excluding hydrogens is 396 g/mol. The van der Waals surface area contributed by atoms with E-state index in [0.29, 0.717) is 16.1 Å². The fraction of sp³-hybridized carbons (Fsp3) is 0.0526. The van der Waals surface area contributed by atoms with Crippen molar-refractivity contribution in [2.24, 2.45) is 0 Å². The summed E-state index contributed by atoms with van der Waals surface area (Å²) in [5.41, 5.74) is 1.36. The van der Waals surface area contributed by atoms with Gasteiger partial charge in [0.1, 0.15) is 10.6 Å². The first-order chi connectivity index (χ1) is 12.9. The molecule has 0 aliphatic heterocycles. The number of esters is 1. The molecule has 4 nitrogen and oxygen atoms in total. The van der Waals surface area contributed by atoms with Crippen LogP contribution in [0.1, 0.15) is 20.7 Å². The van der Waals surface area contributed by atoms with Crippen molar-refractivity contribution in [3.05, 3.63) is 75.6 Å². The number of hydrogen-bond acceptors (Lipinski definition) is 4. The highest BCUT2D eigenvalue weighted by Crippen LogP contribution is 2.36. The molecule has 0 bridgehead atoms. The highest BCUT2D eigenvalue weighted by molar-refractivity contribution is 7.15. The number of amides is 1. The van der Waals surface area contributed by atoms with Crippen molar-refractivity contribution in [2.45, 2.75) is 0 Å². The number of ether oxygens (including phenoxy) is 1. The van der Waals surface area contributed by atoms with Crippen molar-refractivity contribution in [3.63, 3.8) is 0 Å². The summed E-state index contributed by atoms with van der Waals surface area (Å²) in [5.74, 6) is -3.50. The molecule has 1 amide bonds. The third kappa shape index (κ3) is 3.99. The summed E-state index contributed by atoms with van der Waals surface area (Å²) in [6, 6.07) is 9.62. The molecule has 27 heavy (non-hydrogen) atoms. The van der Waals surface area contributed by atoms with E-state index in [2.05, 4.69) is 5.32 Å². The van der Waals surface area contributed by atoms with Gasteiger partial charge in [-0.15, -0.1) is 11.3 Å². The molecule has 1 aromatic heterocycles. The van der Waals surface area contributed by atoms with Gasteiger partial charge in [0.15, 0.2) is 11.6 Å². The number of hydrogen-bond donors (Lipinski definition) is 1. The van der Waals surface area contributed by atoms with Gasteiger partial charge in [0.05, 0.1) is 7.11 Å². The molecule has 0 atom stereocenters. The first kappa shape index (κ1) is 19.0. The standard InChI is InChI=1S/C19H12ClF2NO3S/c1-26-19(25)16-13(10-2-5-12(20)6-3-10)9-27-18(16)23-17(24)11-4-7-14(21)15(22)8-11/h2-9H,1H3,(H,23,24). The van der Waals surface area contributed by atoms with E-state index in [1.807, 2.05) is 0 Å². The molecule has 2 aromatic carbocycles. The van der Waals surface area contributed by atoms with E-state index in [1.54, 1.807) is 29.6 Å². The lowest BCUT2D eigenvalue weighted by molar-refractivity contribution is 0.0603. The third-order valence-electron chi connectivity index (χ3n) is 3.74. The number of halogens is 3. The van der Waals surface area contributed by atoms with Gasteiger partial charge in [-0.25, -0.2) is 13.6 Å². The van der Waals surface area contributed by atoms with Crippen LogP contribution in [-0.4, -0.2) is 19.0 Å². The topological polar surface area (TPSA) is 55.4 Å². The Balaban J connectivity index is 1.97. The zero-order chi connectivity index (χ0) is 19.6. The van der Waals surface area contributed by atoms with Crippen LogP contribution in [0.15, 0.2) is 47.8 Å². The van der Waals surface area contributed by atoms with Gasteiger partial charge in [-0.05, 0) is 35.9 Å². The zero-order valence-electron chi connectivity index (χ0n) is 13.9. The van der Waals surface area contributed by atoms with Crippen molar-refractivity contribution in [1.29, 1.82) is 0 Å². The molecule has 0 aliphatic carbocycles. The van der Waals surface area contributed by atoms with Crippen LogP contribution in [-0.2, 0) is 4.74 Å². The number of rotatable bonds is 4. The van der Waals surface area contributed by atoms with Crippen LogP contribution < -0.4 is 5.32 Å². The number of carbonyl (C=O) groups excluding carboxylic acids is 2. The fourth-order valence-electron chi connectivity index (χ4n) is 2.41. The Bertz CT molecular complexity index is 1020. The Morgan fingerprint density at radius 2 is 1.78 bits per heavy atom. The van der Waals surface area contributed by atoms with Crippen molar-refractivity contribution < 1.29 is 23.1 Å². The van der Waals surface area contributed by atoms with Crippen LogP contribution in [0.5, 0.6) is 0 Å². The molecule has 0 saturated carbocycles. The van der Waals surface area contributed by atoms with E-state index in [4.69, 9.17) is 16.3 Å². The summed E-state index contributed by atoms with van der Waals surface area (Å²) < 4.78 is 31.2. The SMILES string of the molecule is COC(=O)c1c(-c2ccc(Cl)cc2)csc1NC(=O)c1ccc(F)c(F)c1. The molecule has 3 rings (SSSR count). The molecule has 1 N–H and O–H groups in total. The first-order valence-corrected chi connectivity index (χ1v) is 8.88. The van der Waals surface area contributed by atoms with E-state index in [-0.39, 0.29) is 16.1 Å². The van der Waals surface area contributed by atoms with Crippen LogP contribution in [0.4, 0.5) is 13.8 Å². The molecule has 0 radical (unpaired) electrons. The average molecular weight is 408 g/mol. The monoisotopic (exact) mass is 407 g/mol. The van der Waals surface area contributed by atoms with Gasteiger partial charge in [0.25, 0.3) is 5.91 Å². The molecule has 0 spiro atoms. The molecule has 0 aliphatic rings. The van der Waals surface area contributed by atoms with E-state index < -0.39 is 23.5 Å². The van der Waals surface area contributed by atoms with Crippen LogP contribution in [0, 0.1) is 11.6 Å². The number of nitrogens with one attached hydrogen (secondary N) is 1. The summed E-state index contributed by atoms with van der Waals surface area (Å²) >= 11 is 7.01. The molecule has 0 saturated heterocycles. The second kappa shape index (κ2) is 7.85. The van der Waals surface area contributed by atoms with Gasteiger partial charge in [0.2, 0.25) is 0 Å². The molecule has 0 fully saturated rings. The zero-order valence-corrected chi connectivity index (χ0v) is 15.5. The minimum Gasteiger partial charge on any atom is -0.465 e. The van der Waals surface area contributed by atoms with E-state index in [0.717, 1.165) is 29.5 Å². The largest absolute Gasteiger partial charge is 0.465 e. The number of thiophene rings is 1. The van der Waals surface area contributed by atoms with Gasteiger partial charge < -0.3 is 10.1 Å². The predicted molar refractivity (Wildman–Crippen MR) is 100 cm³/mol. The Kier molecular flexibility index (Phi) is 5.53. The quantitative estimate of drug-likeness (QED) is 0.590.